The maximum atomic E-state index is 12.1. The van der Waals surface area contributed by atoms with Crippen molar-refractivity contribution in [2.24, 2.45) is 0 Å². The quantitative estimate of drug-likeness (QED) is 0.748. The van der Waals surface area contributed by atoms with E-state index in [1.54, 1.807) is 37.7 Å². The van der Waals surface area contributed by atoms with Crippen LogP contribution in [0.1, 0.15) is 18.5 Å². The highest BCUT2D eigenvalue weighted by Gasteiger charge is 2.10. The number of nitrogens with zero attached hydrogens (tertiary/aromatic N) is 1. The minimum Gasteiger partial charge on any atom is -0.490 e. The van der Waals surface area contributed by atoms with E-state index in [-0.39, 0.29) is 12.1 Å². The second kappa shape index (κ2) is 9.10. The average Bonchev–Trinajstić information content (AvgIpc) is 2.57. The SMILES string of the molecule is COCCOc1ccc(NC(=O)NC(C)c2ccncc2)cc1Cl. The molecule has 0 saturated carbocycles. The first-order valence-corrected chi connectivity index (χ1v) is 7.86. The number of aromatic nitrogens is 1. The lowest BCUT2D eigenvalue weighted by molar-refractivity contribution is 0.146. The molecule has 0 aliphatic heterocycles. The molecule has 0 aliphatic carbocycles. The predicted octanol–water partition coefficient (Wildman–Crippen LogP) is 3.64. The van der Waals surface area contributed by atoms with Gasteiger partial charge in [0, 0.05) is 25.2 Å². The molecule has 0 aliphatic rings. The number of urea groups is 1. The fourth-order valence-corrected chi connectivity index (χ4v) is 2.26. The standard InChI is InChI=1S/C17H20ClN3O3/c1-12(13-5-7-19-8-6-13)20-17(22)21-14-3-4-16(15(18)11-14)24-10-9-23-2/h3-8,11-12H,9-10H2,1-2H3,(H2,20,21,22). The van der Waals surface area contributed by atoms with Crippen LogP contribution in [-0.4, -0.2) is 31.3 Å². The molecule has 0 saturated heterocycles. The maximum absolute atomic E-state index is 12.1. The summed E-state index contributed by atoms with van der Waals surface area (Å²) in [5.74, 6) is 0.546. The molecule has 0 bridgehead atoms. The molecule has 2 amide bonds. The first-order chi connectivity index (χ1) is 11.6. The van der Waals surface area contributed by atoms with Crippen LogP contribution < -0.4 is 15.4 Å². The summed E-state index contributed by atoms with van der Waals surface area (Å²) in [6, 6.07) is 8.33. The van der Waals surface area contributed by atoms with Crippen molar-refractivity contribution in [3.8, 4) is 5.75 Å². The third-order valence-electron chi connectivity index (χ3n) is 3.29. The zero-order valence-electron chi connectivity index (χ0n) is 13.6. The van der Waals surface area contributed by atoms with Gasteiger partial charge in [-0.05, 0) is 42.8 Å². The summed E-state index contributed by atoms with van der Waals surface area (Å²) >= 11 is 6.15. The summed E-state index contributed by atoms with van der Waals surface area (Å²) in [5.41, 5.74) is 1.55. The molecule has 7 heteroatoms. The van der Waals surface area contributed by atoms with Crippen molar-refractivity contribution < 1.29 is 14.3 Å². The van der Waals surface area contributed by atoms with Crippen LogP contribution in [0.4, 0.5) is 10.5 Å². The van der Waals surface area contributed by atoms with Crippen LogP contribution in [0, 0.1) is 0 Å². The van der Waals surface area contributed by atoms with E-state index in [4.69, 9.17) is 21.1 Å². The van der Waals surface area contributed by atoms with Crippen LogP contribution in [0.3, 0.4) is 0 Å². The first-order valence-electron chi connectivity index (χ1n) is 7.49. The van der Waals surface area contributed by atoms with Crippen LogP contribution in [-0.2, 0) is 4.74 Å². The number of hydrogen-bond donors (Lipinski definition) is 2. The van der Waals surface area contributed by atoms with E-state index >= 15 is 0 Å². The summed E-state index contributed by atoms with van der Waals surface area (Å²) in [4.78, 5) is 16.0. The largest absolute Gasteiger partial charge is 0.490 e. The molecule has 0 fully saturated rings. The molecule has 128 valence electrons. The number of benzene rings is 1. The summed E-state index contributed by atoms with van der Waals surface area (Å²) < 4.78 is 10.4. The average molecular weight is 350 g/mol. The zero-order chi connectivity index (χ0) is 17.4. The second-order valence-electron chi connectivity index (χ2n) is 5.09. The van der Waals surface area contributed by atoms with E-state index in [1.807, 2.05) is 19.1 Å². The highest BCUT2D eigenvalue weighted by atomic mass is 35.5. The lowest BCUT2D eigenvalue weighted by Gasteiger charge is -2.15. The Kier molecular flexibility index (Phi) is 6.84. The van der Waals surface area contributed by atoms with Gasteiger partial charge < -0.3 is 20.1 Å². The summed E-state index contributed by atoms with van der Waals surface area (Å²) in [5, 5.41) is 6.02. The number of pyridine rings is 1. The number of methoxy groups -OCH3 is 1. The number of carbonyl (C=O) groups is 1. The van der Waals surface area contributed by atoms with Gasteiger partial charge >= 0.3 is 6.03 Å². The topological polar surface area (TPSA) is 72.5 Å². The van der Waals surface area contributed by atoms with Crippen molar-refractivity contribution in [3.63, 3.8) is 0 Å². The Morgan fingerprint density at radius 3 is 2.67 bits per heavy atom. The number of carbonyl (C=O) groups excluding carboxylic acids is 1. The third-order valence-corrected chi connectivity index (χ3v) is 3.58. The molecule has 0 radical (unpaired) electrons. The van der Waals surface area contributed by atoms with E-state index in [0.717, 1.165) is 5.56 Å². The van der Waals surface area contributed by atoms with E-state index in [1.165, 1.54) is 0 Å². The Morgan fingerprint density at radius 1 is 1.25 bits per heavy atom. The van der Waals surface area contributed by atoms with Crippen LogP contribution in [0.5, 0.6) is 5.75 Å². The Morgan fingerprint density at radius 2 is 2.00 bits per heavy atom. The fraction of sp³-hybridized carbons (Fsp3) is 0.294. The second-order valence-corrected chi connectivity index (χ2v) is 5.49. The number of anilines is 1. The fourth-order valence-electron chi connectivity index (χ4n) is 2.03. The molecule has 2 rings (SSSR count). The van der Waals surface area contributed by atoms with Gasteiger partial charge in [0.1, 0.15) is 12.4 Å². The van der Waals surface area contributed by atoms with Gasteiger partial charge in [-0.3, -0.25) is 4.98 Å². The highest BCUT2D eigenvalue weighted by molar-refractivity contribution is 6.32. The number of nitrogens with one attached hydrogen (secondary N) is 2. The smallest absolute Gasteiger partial charge is 0.319 e. The van der Waals surface area contributed by atoms with E-state index in [9.17, 15) is 4.79 Å². The Balaban J connectivity index is 1.90. The molecule has 2 N–H and O–H groups in total. The van der Waals surface area contributed by atoms with Gasteiger partial charge in [-0.25, -0.2) is 4.79 Å². The number of amides is 2. The molecule has 1 aromatic heterocycles. The van der Waals surface area contributed by atoms with Gasteiger partial charge in [-0.2, -0.15) is 0 Å². The molecule has 6 nitrogen and oxygen atoms in total. The van der Waals surface area contributed by atoms with Crippen molar-refractivity contribution in [2.45, 2.75) is 13.0 Å². The molecule has 1 unspecified atom stereocenters. The number of ether oxygens (including phenoxy) is 2. The number of halogens is 1. The van der Waals surface area contributed by atoms with Crippen LogP contribution in [0.25, 0.3) is 0 Å². The van der Waals surface area contributed by atoms with Crippen molar-refractivity contribution in [3.05, 3.63) is 53.3 Å². The van der Waals surface area contributed by atoms with Gasteiger partial charge in [-0.1, -0.05) is 11.6 Å². The van der Waals surface area contributed by atoms with Crippen molar-refractivity contribution in [1.82, 2.24) is 10.3 Å². The summed E-state index contributed by atoms with van der Waals surface area (Å²) in [6.07, 6.45) is 3.38. The van der Waals surface area contributed by atoms with Crippen LogP contribution >= 0.6 is 11.6 Å². The third kappa shape index (κ3) is 5.40. The van der Waals surface area contributed by atoms with Crippen LogP contribution in [0.2, 0.25) is 5.02 Å². The summed E-state index contributed by atoms with van der Waals surface area (Å²) in [6.45, 7) is 2.78. The number of hydrogen-bond acceptors (Lipinski definition) is 4. The van der Waals surface area contributed by atoms with Gasteiger partial charge in [0.25, 0.3) is 0 Å². The lowest BCUT2D eigenvalue weighted by Crippen LogP contribution is -2.31. The van der Waals surface area contributed by atoms with Crippen LogP contribution in [0.15, 0.2) is 42.7 Å². The molecule has 1 aromatic carbocycles. The molecule has 1 atom stereocenters. The first kappa shape index (κ1) is 18.0. The van der Waals surface area contributed by atoms with E-state index < -0.39 is 0 Å². The van der Waals surface area contributed by atoms with Crippen molar-refractivity contribution in [1.29, 1.82) is 0 Å². The van der Waals surface area contributed by atoms with Gasteiger partial charge in [-0.15, -0.1) is 0 Å². The van der Waals surface area contributed by atoms with Gasteiger partial charge in [0.05, 0.1) is 17.7 Å². The molecular formula is C17H20ClN3O3. The predicted molar refractivity (Wildman–Crippen MR) is 93.6 cm³/mol. The monoisotopic (exact) mass is 349 g/mol. The Labute approximate surface area is 146 Å². The Bertz CT molecular complexity index is 667. The molecule has 24 heavy (non-hydrogen) atoms. The van der Waals surface area contributed by atoms with E-state index in [2.05, 4.69) is 15.6 Å². The lowest BCUT2D eigenvalue weighted by atomic mass is 10.1. The van der Waals surface area contributed by atoms with Gasteiger partial charge in [0.15, 0.2) is 0 Å². The maximum Gasteiger partial charge on any atom is 0.319 e. The summed E-state index contributed by atoms with van der Waals surface area (Å²) in [7, 11) is 1.60. The molecule has 1 heterocycles. The molecular weight excluding hydrogens is 330 g/mol. The van der Waals surface area contributed by atoms with Crippen molar-refractivity contribution >= 4 is 23.3 Å². The van der Waals surface area contributed by atoms with Gasteiger partial charge in [0.2, 0.25) is 0 Å². The normalized spacial score (nSPS) is 11.6. The minimum absolute atomic E-state index is 0.139. The molecule has 0 spiro atoms. The highest BCUT2D eigenvalue weighted by Crippen LogP contribution is 2.27. The minimum atomic E-state index is -0.316. The van der Waals surface area contributed by atoms with Crippen molar-refractivity contribution in [2.75, 3.05) is 25.6 Å². The Hall–Kier alpha value is -2.31. The zero-order valence-corrected chi connectivity index (χ0v) is 14.3. The van der Waals surface area contributed by atoms with E-state index in [0.29, 0.717) is 29.7 Å². The number of rotatable bonds is 7. The molecule has 2 aromatic rings.